The lowest BCUT2D eigenvalue weighted by molar-refractivity contribution is 0.171. The van der Waals surface area contributed by atoms with Gasteiger partial charge in [0.05, 0.1) is 4.90 Å². The van der Waals surface area contributed by atoms with E-state index >= 15 is 0 Å². The number of methoxy groups -OCH3 is 1. The van der Waals surface area contributed by atoms with Gasteiger partial charge in [-0.2, -0.15) is 0 Å². The van der Waals surface area contributed by atoms with E-state index in [0.29, 0.717) is 10.8 Å². The molecule has 4 nitrogen and oxygen atoms in total. The van der Waals surface area contributed by atoms with Gasteiger partial charge in [0.25, 0.3) is 0 Å². The van der Waals surface area contributed by atoms with Crippen LogP contribution in [0.1, 0.15) is 24.9 Å². The number of ether oxygens (including phenoxy) is 1. The Bertz CT molecular complexity index is 482. The molecule has 0 aliphatic heterocycles. The van der Waals surface area contributed by atoms with E-state index in [-0.39, 0.29) is 6.04 Å². The molecule has 1 aromatic carbocycles. The Hall–Kier alpha value is -0.910. The van der Waals surface area contributed by atoms with Crippen molar-refractivity contribution >= 4 is 9.84 Å². The van der Waals surface area contributed by atoms with Crippen molar-refractivity contribution < 1.29 is 13.2 Å². The smallest absolute Gasteiger partial charge is 0.175 e. The number of hydrogen-bond acceptors (Lipinski definition) is 4. The van der Waals surface area contributed by atoms with Crippen LogP contribution in [0, 0.1) is 5.92 Å². The van der Waals surface area contributed by atoms with Crippen LogP contribution < -0.4 is 5.32 Å². The maximum Gasteiger partial charge on any atom is 0.175 e. The van der Waals surface area contributed by atoms with Crippen molar-refractivity contribution in [1.82, 2.24) is 5.32 Å². The van der Waals surface area contributed by atoms with Crippen LogP contribution in [-0.2, 0) is 14.6 Å². The molecule has 1 N–H and O–H groups in total. The Morgan fingerprint density at radius 1 is 1.26 bits per heavy atom. The van der Waals surface area contributed by atoms with E-state index in [4.69, 9.17) is 4.74 Å². The summed E-state index contributed by atoms with van der Waals surface area (Å²) < 4.78 is 28.0. The highest BCUT2D eigenvalue weighted by Crippen LogP contribution is 2.25. The van der Waals surface area contributed by atoms with Crippen LogP contribution in [-0.4, -0.2) is 35.4 Å². The summed E-state index contributed by atoms with van der Waals surface area (Å²) in [4.78, 5) is 0.357. The average molecular weight is 285 g/mol. The third kappa shape index (κ3) is 4.60. The van der Waals surface area contributed by atoms with Gasteiger partial charge in [-0.25, -0.2) is 8.42 Å². The first-order valence-electron chi connectivity index (χ1n) is 6.36. The number of nitrogens with one attached hydrogen (secondary N) is 1. The van der Waals surface area contributed by atoms with Crippen LogP contribution in [0.2, 0.25) is 0 Å². The Morgan fingerprint density at radius 2 is 1.84 bits per heavy atom. The van der Waals surface area contributed by atoms with Crippen LogP contribution in [0.5, 0.6) is 0 Å². The summed E-state index contributed by atoms with van der Waals surface area (Å²) in [6, 6.07) is 7.28. The van der Waals surface area contributed by atoms with Crippen LogP contribution >= 0.6 is 0 Å². The van der Waals surface area contributed by atoms with Gasteiger partial charge in [-0.1, -0.05) is 19.1 Å². The third-order valence-electron chi connectivity index (χ3n) is 3.32. The zero-order chi connectivity index (χ0) is 14.5. The highest BCUT2D eigenvalue weighted by molar-refractivity contribution is 7.90. The Labute approximate surface area is 116 Å². The fraction of sp³-hybridized carbons (Fsp3) is 0.571. The molecule has 0 fully saturated rings. The monoisotopic (exact) mass is 285 g/mol. The standard InChI is InChI=1S/C14H23NO3S/c1-11(9-10-18-3)14(15-2)12-5-7-13(8-6-12)19(4,16)17/h5-8,11,14-15H,9-10H2,1-4H3. The van der Waals surface area contributed by atoms with Crippen molar-refractivity contribution in [2.24, 2.45) is 5.92 Å². The summed E-state index contributed by atoms with van der Waals surface area (Å²) in [5.41, 5.74) is 1.10. The molecule has 0 bridgehead atoms. The van der Waals surface area contributed by atoms with E-state index in [1.165, 1.54) is 6.26 Å². The second-order valence-corrected chi connectivity index (χ2v) is 6.88. The van der Waals surface area contributed by atoms with E-state index in [1.807, 2.05) is 19.2 Å². The zero-order valence-electron chi connectivity index (χ0n) is 12.0. The summed E-state index contributed by atoms with van der Waals surface area (Å²) >= 11 is 0. The van der Waals surface area contributed by atoms with Crippen LogP contribution in [0.25, 0.3) is 0 Å². The number of hydrogen-bond donors (Lipinski definition) is 1. The number of sulfone groups is 1. The zero-order valence-corrected chi connectivity index (χ0v) is 12.8. The molecule has 2 atom stereocenters. The second kappa shape index (κ2) is 7.03. The lowest BCUT2D eigenvalue weighted by Gasteiger charge is -2.24. The SMILES string of the molecule is CNC(c1ccc(S(C)(=O)=O)cc1)C(C)CCOC. The molecule has 0 aliphatic carbocycles. The summed E-state index contributed by atoms with van der Waals surface area (Å²) in [6.07, 6.45) is 2.18. The normalized spacial score (nSPS) is 15.2. The van der Waals surface area contributed by atoms with Gasteiger partial charge in [-0.05, 0) is 37.1 Å². The lowest BCUT2D eigenvalue weighted by Crippen LogP contribution is -2.24. The minimum atomic E-state index is -3.13. The maximum absolute atomic E-state index is 11.4. The van der Waals surface area contributed by atoms with Crippen molar-refractivity contribution in [3.63, 3.8) is 0 Å². The van der Waals surface area contributed by atoms with Crippen molar-refractivity contribution in [2.75, 3.05) is 27.0 Å². The van der Waals surface area contributed by atoms with Gasteiger partial charge in [0.15, 0.2) is 9.84 Å². The number of rotatable bonds is 7. The quantitative estimate of drug-likeness (QED) is 0.833. The molecule has 0 saturated heterocycles. The molecule has 0 aliphatic rings. The van der Waals surface area contributed by atoms with Gasteiger partial charge in [-0.15, -0.1) is 0 Å². The van der Waals surface area contributed by atoms with Crippen molar-refractivity contribution in [3.8, 4) is 0 Å². The minimum absolute atomic E-state index is 0.198. The second-order valence-electron chi connectivity index (χ2n) is 4.87. The molecule has 1 aromatic rings. The Kier molecular flexibility index (Phi) is 5.97. The average Bonchev–Trinajstić information content (AvgIpc) is 2.37. The molecular weight excluding hydrogens is 262 g/mol. The molecule has 0 amide bonds. The van der Waals surface area contributed by atoms with E-state index in [0.717, 1.165) is 18.6 Å². The van der Waals surface area contributed by atoms with E-state index in [9.17, 15) is 8.42 Å². The summed E-state index contributed by atoms with van der Waals surface area (Å²) in [5, 5.41) is 3.28. The molecule has 2 unspecified atom stereocenters. The first kappa shape index (κ1) is 16.1. The van der Waals surface area contributed by atoms with Crippen LogP contribution in [0.3, 0.4) is 0 Å². The molecule has 0 saturated carbocycles. The molecule has 19 heavy (non-hydrogen) atoms. The fourth-order valence-electron chi connectivity index (χ4n) is 2.17. The Morgan fingerprint density at radius 3 is 2.26 bits per heavy atom. The van der Waals surface area contributed by atoms with Crippen LogP contribution in [0.15, 0.2) is 29.2 Å². The van der Waals surface area contributed by atoms with Crippen molar-refractivity contribution in [1.29, 1.82) is 0 Å². The number of benzene rings is 1. The highest BCUT2D eigenvalue weighted by Gasteiger charge is 2.18. The molecule has 0 spiro atoms. The fourth-order valence-corrected chi connectivity index (χ4v) is 2.80. The Balaban J connectivity index is 2.88. The summed E-state index contributed by atoms with van der Waals surface area (Å²) in [6.45, 7) is 2.88. The minimum Gasteiger partial charge on any atom is -0.385 e. The first-order chi connectivity index (χ1) is 8.90. The van der Waals surface area contributed by atoms with Gasteiger partial charge < -0.3 is 10.1 Å². The van der Waals surface area contributed by atoms with E-state index in [2.05, 4.69) is 12.2 Å². The first-order valence-corrected chi connectivity index (χ1v) is 8.25. The van der Waals surface area contributed by atoms with Gasteiger partial charge in [0.1, 0.15) is 0 Å². The third-order valence-corrected chi connectivity index (χ3v) is 4.45. The van der Waals surface area contributed by atoms with Gasteiger partial charge in [0, 0.05) is 26.0 Å². The maximum atomic E-state index is 11.4. The molecule has 0 aromatic heterocycles. The predicted octanol–water partition coefficient (Wildman–Crippen LogP) is 2.02. The predicted molar refractivity (Wildman–Crippen MR) is 77.0 cm³/mol. The molecule has 108 valence electrons. The molecule has 0 heterocycles. The molecule has 0 radical (unpaired) electrons. The van der Waals surface area contributed by atoms with E-state index in [1.54, 1.807) is 19.2 Å². The topological polar surface area (TPSA) is 55.4 Å². The largest absolute Gasteiger partial charge is 0.385 e. The van der Waals surface area contributed by atoms with E-state index < -0.39 is 9.84 Å². The van der Waals surface area contributed by atoms with Gasteiger partial charge >= 0.3 is 0 Å². The summed E-state index contributed by atoms with van der Waals surface area (Å²) in [7, 11) is 0.485. The van der Waals surface area contributed by atoms with Crippen molar-refractivity contribution in [2.45, 2.75) is 24.3 Å². The summed E-state index contributed by atoms with van der Waals surface area (Å²) in [5.74, 6) is 0.411. The van der Waals surface area contributed by atoms with Crippen LogP contribution in [0.4, 0.5) is 0 Å². The van der Waals surface area contributed by atoms with Crippen molar-refractivity contribution in [3.05, 3.63) is 29.8 Å². The van der Waals surface area contributed by atoms with Gasteiger partial charge in [0.2, 0.25) is 0 Å². The molecule has 1 rings (SSSR count). The molecule has 5 heteroatoms. The molecular formula is C14H23NO3S. The lowest BCUT2D eigenvalue weighted by atomic mass is 9.92. The van der Waals surface area contributed by atoms with Gasteiger partial charge in [-0.3, -0.25) is 0 Å². The highest BCUT2D eigenvalue weighted by atomic mass is 32.2.